The molecule has 1 aromatic carbocycles. The Bertz CT molecular complexity index is 462. The number of cyclic esters (lactones) is 2. The molecule has 0 atom stereocenters. The zero-order valence-corrected chi connectivity index (χ0v) is 10.6. The van der Waals surface area contributed by atoms with E-state index in [2.05, 4.69) is 0 Å². The predicted molar refractivity (Wildman–Crippen MR) is 64.6 cm³/mol. The molecule has 4 heteroatoms. The SMILES string of the molecule is CCc1ccccc1C1(CC)OC(=O)CC(=O)O1. The summed E-state index contributed by atoms with van der Waals surface area (Å²) < 4.78 is 10.7. The number of carbonyl (C=O) groups excluding carboxylic acids is 2. The standard InChI is InChI=1S/C14H16O4/c1-3-10-7-5-6-8-11(10)14(4-2)17-12(15)9-13(16)18-14/h5-8H,3-4,9H2,1-2H3. The van der Waals surface area contributed by atoms with E-state index in [0.717, 1.165) is 17.5 Å². The molecule has 0 saturated carbocycles. The van der Waals surface area contributed by atoms with Crippen LogP contribution in [0.5, 0.6) is 0 Å². The Morgan fingerprint density at radius 2 is 1.72 bits per heavy atom. The van der Waals surface area contributed by atoms with Crippen molar-refractivity contribution in [1.82, 2.24) is 0 Å². The maximum absolute atomic E-state index is 11.5. The quantitative estimate of drug-likeness (QED) is 0.608. The first-order valence-electron chi connectivity index (χ1n) is 6.13. The molecule has 1 heterocycles. The molecule has 2 rings (SSSR count). The molecule has 18 heavy (non-hydrogen) atoms. The van der Waals surface area contributed by atoms with Gasteiger partial charge < -0.3 is 9.47 Å². The summed E-state index contributed by atoms with van der Waals surface area (Å²) in [7, 11) is 0. The lowest BCUT2D eigenvalue weighted by Crippen LogP contribution is -2.43. The molecule has 96 valence electrons. The minimum absolute atomic E-state index is 0.309. The van der Waals surface area contributed by atoms with Crippen molar-refractivity contribution >= 4 is 11.9 Å². The van der Waals surface area contributed by atoms with Gasteiger partial charge in [-0.15, -0.1) is 0 Å². The van der Waals surface area contributed by atoms with Crippen molar-refractivity contribution in [3.63, 3.8) is 0 Å². The summed E-state index contributed by atoms with van der Waals surface area (Å²) >= 11 is 0. The summed E-state index contributed by atoms with van der Waals surface area (Å²) in [6, 6.07) is 7.55. The second-order valence-corrected chi connectivity index (χ2v) is 4.24. The predicted octanol–water partition coefficient (Wildman–Crippen LogP) is 2.30. The normalized spacial score (nSPS) is 18.1. The lowest BCUT2D eigenvalue weighted by atomic mass is 9.95. The molecule has 0 amide bonds. The summed E-state index contributed by atoms with van der Waals surface area (Å²) in [6.45, 7) is 3.84. The van der Waals surface area contributed by atoms with Crippen LogP contribution in [-0.2, 0) is 31.3 Å². The van der Waals surface area contributed by atoms with E-state index in [0.29, 0.717) is 6.42 Å². The third kappa shape index (κ3) is 2.10. The highest BCUT2D eigenvalue weighted by molar-refractivity contribution is 5.93. The summed E-state index contributed by atoms with van der Waals surface area (Å²) in [5.41, 5.74) is 1.78. The summed E-state index contributed by atoms with van der Waals surface area (Å²) in [6.07, 6.45) is 0.880. The van der Waals surface area contributed by atoms with Crippen LogP contribution in [0.1, 0.15) is 37.8 Å². The Hall–Kier alpha value is -1.84. The van der Waals surface area contributed by atoms with Gasteiger partial charge in [-0.2, -0.15) is 0 Å². The van der Waals surface area contributed by atoms with Crippen LogP contribution in [-0.4, -0.2) is 11.9 Å². The number of hydrogen-bond acceptors (Lipinski definition) is 4. The molecule has 0 spiro atoms. The average Bonchev–Trinajstić information content (AvgIpc) is 2.37. The monoisotopic (exact) mass is 248 g/mol. The van der Waals surface area contributed by atoms with E-state index < -0.39 is 17.7 Å². The molecule has 1 aromatic rings. The van der Waals surface area contributed by atoms with E-state index in [9.17, 15) is 9.59 Å². The first-order chi connectivity index (χ1) is 8.61. The van der Waals surface area contributed by atoms with E-state index in [4.69, 9.17) is 9.47 Å². The fraction of sp³-hybridized carbons (Fsp3) is 0.429. The summed E-state index contributed by atoms with van der Waals surface area (Å²) in [5, 5.41) is 0. The van der Waals surface area contributed by atoms with Crippen LogP contribution >= 0.6 is 0 Å². The number of esters is 2. The third-order valence-corrected chi connectivity index (χ3v) is 3.12. The smallest absolute Gasteiger partial charge is 0.320 e. The molecule has 0 aromatic heterocycles. The first kappa shape index (κ1) is 12.6. The Morgan fingerprint density at radius 3 is 2.28 bits per heavy atom. The van der Waals surface area contributed by atoms with Gasteiger partial charge >= 0.3 is 11.9 Å². The molecule has 0 bridgehead atoms. The van der Waals surface area contributed by atoms with E-state index in [1.54, 1.807) is 0 Å². The Labute approximate surface area is 106 Å². The van der Waals surface area contributed by atoms with Crippen molar-refractivity contribution in [1.29, 1.82) is 0 Å². The van der Waals surface area contributed by atoms with Crippen LogP contribution in [0, 0.1) is 0 Å². The highest BCUT2D eigenvalue weighted by Crippen LogP contribution is 2.36. The van der Waals surface area contributed by atoms with Crippen molar-refractivity contribution in [2.45, 2.75) is 38.9 Å². The number of ether oxygens (including phenoxy) is 2. The first-order valence-corrected chi connectivity index (χ1v) is 6.13. The molecular weight excluding hydrogens is 232 g/mol. The molecule has 0 N–H and O–H groups in total. The molecule has 0 aliphatic carbocycles. The van der Waals surface area contributed by atoms with E-state index in [1.807, 2.05) is 38.1 Å². The highest BCUT2D eigenvalue weighted by Gasteiger charge is 2.44. The van der Waals surface area contributed by atoms with Crippen molar-refractivity contribution < 1.29 is 19.1 Å². The lowest BCUT2D eigenvalue weighted by Gasteiger charge is -2.36. The molecule has 1 fully saturated rings. The zero-order chi connectivity index (χ0) is 13.2. The minimum atomic E-state index is -1.25. The topological polar surface area (TPSA) is 52.6 Å². The zero-order valence-electron chi connectivity index (χ0n) is 10.6. The van der Waals surface area contributed by atoms with Crippen molar-refractivity contribution in [2.24, 2.45) is 0 Å². The lowest BCUT2D eigenvalue weighted by molar-refractivity contribution is -0.251. The van der Waals surface area contributed by atoms with E-state index >= 15 is 0 Å². The van der Waals surface area contributed by atoms with Crippen molar-refractivity contribution in [3.05, 3.63) is 35.4 Å². The van der Waals surface area contributed by atoms with Crippen molar-refractivity contribution in [3.8, 4) is 0 Å². The maximum Gasteiger partial charge on any atom is 0.320 e. The Morgan fingerprint density at radius 1 is 1.11 bits per heavy atom. The fourth-order valence-corrected chi connectivity index (χ4v) is 2.22. The van der Waals surface area contributed by atoms with Gasteiger partial charge in [-0.25, -0.2) is 0 Å². The van der Waals surface area contributed by atoms with Crippen LogP contribution in [0.15, 0.2) is 24.3 Å². The van der Waals surface area contributed by atoms with E-state index in [1.165, 1.54) is 0 Å². The van der Waals surface area contributed by atoms with E-state index in [-0.39, 0.29) is 6.42 Å². The second-order valence-electron chi connectivity index (χ2n) is 4.24. The fourth-order valence-electron chi connectivity index (χ4n) is 2.22. The van der Waals surface area contributed by atoms with Crippen LogP contribution in [0.3, 0.4) is 0 Å². The number of hydrogen-bond donors (Lipinski definition) is 0. The van der Waals surface area contributed by atoms with Crippen LogP contribution in [0.4, 0.5) is 0 Å². The molecule has 4 nitrogen and oxygen atoms in total. The molecule has 1 aliphatic heterocycles. The molecule has 0 unspecified atom stereocenters. The van der Waals surface area contributed by atoms with Gasteiger partial charge in [0.05, 0.1) is 0 Å². The van der Waals surface area contributed by atoms with Crippen LogP contribution < -0.4 is 0 Å². The minimum Gasteiger partial charge on any atom is -0.417 e. The molecule has 1 aliphatic rings. The van der Waals surface area contributed by atoms with Crippen LogP contribution in [0.2, 0.25) is 0 Å². The maximum atomic E-state index is 11.5. The van der Waals surface area contributed by atoms with Crippen molar-refractivity contribution in [2.75, 3.05) is 0 Å². The van der Waals surface area contributed by atoms with Gasteiger partial charge in [-0.05, 0) is 12.0 Å². The molecule has 0 radical (unpaired) electrons. The van der Waals surface area contributed by atoms with Gasteiger partial charge in [0.15, 0.2) is 0 Å². The second kappa shape index (κ2) is 4.80. The number of aryl methyl sites for hydroxylation is 1. The van der Waals surface area contributed by atoms with Gasteiger partial charge in [0.1, 0.15) is 6.42 Å². The van der Waals surface area contributed by atoms with Gasteiger partial charge in [0.2, 0.25) is 0 Å². The number of rotatable bonds is 3. The van der Waals surface area contributed by atoms with Crippen LogP contribution in [0.25, 0.3) is 0 Å². The number of benzene rings is 1. The summed E-state index contributed by atoms with van der Waals surface area (Å²) in [5.74, 6) is -2.31. The molecule has 1 saturated heterocycles. The highest BCUT2D eigenvalue weighted by atomic mass is 16.7. The largest absolute Gasteiger partial charge is 0.417 e. The van der Waals surface area contributed by atoms with Gasteiger partial charge in [0, 0.05) is 12.0 Å². The van der Waals surface area contributed by atoms with Gasteiger partial charge in [-0.1, -0.05) is 38.1 Å². The summed E-state index contributed by atoms with van der Waals surface area (Å²) in [4.78, 5) is 23.0. The average molecular weight is 248 g/mol. The Balaban J connectivity index is 2.49. The van der Waals surface area contributed by atoms with Gasteiger partial charge in [0.25, 0.3) is 5.79 Å². The van der Waals surface area contributed by atoms with Gasteiger partial charge in [-0.3, -0.25) is 9.59 Å². The third-order valence-electron chi connectivity index (χ3n) is 3.12. The number of carbonyl (C=O) groups is 2. The Kier molecular flexibility index (Phi) is 3.36. The molecular formula is C14H16O4.